The second kappa shape index (κ2) is 6.37. The maximum atomic E-state index is 11.4. The van der Waals surface area contributed by atoms with Crippen molar-refractivity contribution in [3.63, 3.8) is 0 Å². The summed E-state index contributed by atoms with van der Waals surface area (Å²) in [6, 6.07) is -0.0468. The Morgan fingerprint density at radius 3 is 2.59 bits per heavy atom. The predicted octanol–water partition coefficient (Wildman–Crippen LogP) is 1.19. The number of hydrazone groups is 1. The van der Waals surface area contributed by atoms with E-state index in [4.69, 9.17) is 0 Å². The van der Waals surface area contributed by atoms with Crippen molar-refractivity contribution >= 4 is 17.5 Å². The molecule has 2 N–H and O–H groups in total. The zero-order valence-electron chi connectivity index (χ0n) is 10.7. The number of carbonyl (C=O) groups excluding carboxylic acids is 2. The molecule has 1 aliphatic carbocycles. The third kappa shape index (κ3) is 4.54. The second-order valence-corrected chi connectivity index (χ2v) is 4.82. The van der Waals surface area contributed by atoms with E-state index >= 15 is 0 Å². The van der Waals surface area contributed by atoms with Crippen molar-refractivity contribution in [2.45, 2.75) is 52.5 Å². The molecule has 1 saturated carbocycles. The number of rotatable bonds is 2. The minimum absolute atomic E-state index is 0.0468. The van der Waals surface area contributed by atoms with E-state index in [9.17, 15) is 9.59 Å². The van der Waals surface area contributed by atoms with Gasteiger partial charge >= 0.3 is 11.8 Å². The summed E-state index contributed by atoms with van der Waals surface area (Å²) in [5.74, 6) is -0.922. The van der Waals surface area contributed by atoms with Crippen LogP contribution in [0.15, 0.2) is 5.10 Å². The molecule has 2 amide bonds. The molecule has 96 valence electrons. The number of nitrogens with zero attached hydrogens (tertiary/aromatic N) is 1. The monoisotopic (exact) mass is 239 g/mol. The summed E-state index contributed by atoms with van der Waals surface area (Å²) in [7, 11) is 0. The SMILES string of the molecule is CC(C)NC(=O)C(=O)N/N=C1/CCCC[C@@H]1C. The summed E-state index contributed by atoms with van der Waals surface area (Å²) < 4.78 is 0. The van der Waals surface area contributed by atoms with Gasteiger partial charge in [0, 0.05) is 11.8 Å². The summed E-state index contributed by atoms with van der Waals surface area (Å²) in [4.78, 5) is 22.7. The summed E-state index contributed by atoms with van der Waals surface area (Å²) >= 11 is 0. The molecule has 1 rings (SSSR count). The van der Waals surface area contributed by atoms with Crippen LogP contribution in [0.25, 0.3) is 0 Å². The molecular weight excluding hydrogens is 218 g/mol. The van der Waals surface area contributed by atoms with E-state index in [0.29, 0.717) is 5.92 Å². The smallest absolute Gasteiger partial charge is 0.329 e. The Bertz CT molecular complexity index is 324. The zero-order valence-corrected chi connectivity index (χ0v) is 10.7. The van der Waals surface area contributed by atoms with Crippen LogP contribution in [-0.2, 0) is 9.59 Å². The molecule has 5 heteroatoms. The van der Waals surface area contributed by atoms with Crippen LogP contribution < -0.4 is 10.7 Å². The van der Waals surface area contributed by atoms with Crippen molar-refractivity contribution in [2.24, 2.45) is 11.0 Å². The lowest BCUT2D eigenvalue weighted by Gasteiger charge is -2.19. The highest BCUT2D eigenvalue weighted by Crippen LogP contribution is 2.20. The third-order valence-corrected chi connectivity index (χ3v) is 2.82. The van der Waals surface area contributed by atoms with Gasteiger partial charge in [-0.1, -0.05) is 13.3 Å². The molecule has 0 unspecified atom stereocenters. The molecule has 0 aromatic heterocycles. The van der Waals surface area contributed by atoms with Crippen LogP contribution in [0.5, 0.6) is 0 Å². The van der Waals surface area contributed by atoms with E-state index < -0.39 is 11.8 Å². The number of carbonyl (C=O) groups is 2. The van der Waals surface area contributed by atoms with Gasteiger partial charge in [0.15, 0.2) is 0 Å². The fraction of sp³-hybridized carbons (Fsp3) is 0.750. The van der Waals surface area contributed by atoms with E-state index in [0.717, 1.165) is 25.0 Å². The first-order chi connectivity index (χ1) is 8.00. The Labute approximate surface area is 102 Å². The molecular formula is C12H21N3O2. The standard InChI is InChI=1S/C12H21N3O2/c1-8(2)13-11(16)12(17)15-14-10-7-5-4-6-9(10)3/h8-9H,4-7H2,1-3H3,(H,13,16)(H,15,17)/b14-10-/t9-/m0/s1. The van der Waals surface area contributed by atoms with Crippen LogP contribution >= 0.6 is 0 Å². The number of nitrogens with one attached hydrogen (secondary N) is 2. The fourth-order valence-electron chi connectivity index (χ4n) is 1.84. The van der Waals surface area contributed by atoms with Crippen LogP contribution in [0.2, 0.25) is 0 Å². The van der Waals surface area contributed by atoms with Crippen molar-refractivity contribution in [3.05, 3.63) is 0 Å². The molecule has 0 radical (unpaired) electrons. The van der Waals surface area contributed by atoms with E-state index in [1.165, 1.54) is 6.42 Å². The molecule has 1 fully saturated rings. The average Bonchev–Trinajstić information content (AvgIpc) is 2.26. The number of hydrogen-bond acceptors (Lipinski definition) is 3. The van der Waals surface area contributed by atoms with Crippen molar-refractivity contribution in [1.29, 1.82) is 0 Å². The lowest BCUT2D eigenvalue weighted by Crippen LogP contribution is -2.41. The number of amides is 2. The second-order valence-electron chi connectivity index (χ2n) is 4.82. The summed E-state index contributed by atoms with van der Waals surface area (Å²) in [6.45, 7) is 5.71. The van der Waals surface area contributed by atoms with Crippen molar-refractivity contribution in [2.75, 3.05) is 0 Å². The largest absolute Gasteiger partial charge is 0.346 e. The van der Waals surface area contributed by atoms with Crippen LogP contribution in [-0.4, -0.2) is 23.6 Å². The highest BCUT2D eigenvalue weighted by Gasteiger charge is 2.18. The van der Waals surface area contributed by atoms with Gasteiger partial charge in [0.05, 0.1) is 0 Å². The minimum atomic E-state index is -0.691. The molecule has 0 saturated heterocycles. The van der Waals surface area contributed by atoms with E-state index in [1.807, 2.05) is 0 Å². The zero-order chi connectivity index (χ0) is 12.8. The minimum Gasteiger partial charge on any atom is -0.346 e. The molecule has 0 aromatic rings. The Morgan fingerprint density at radius 1 is 1.29 bits per heavy atom. The topological polar surface area (TPSA) is 70.6 Å². The van der Waals surface area contributed by atoms with Crippen LogP contribution in [0.3, 0.4) is 0 Å². The summed E-state index contributed by atoms with van der Waals surface area (Å²) in [5.41, 5.74) is 3.31. The lowest BCUT2D eigenvalue weighted by atomic mass is 9.89. The van der Waals surface area contributed by atoms with Gasteiger partial charge in [-0.05, 0) is 39.0 Å². The van der Waals surface area contributed by atoms with Crippen molar-refractivity contribution < 1.29 is 9.59 Å². The Balaban J connectivity index is 2.45. The highest BCUT2D eigenvalue weighted by molar-refractivity contribution is 6.35. The molecule has 17 heavy (non-hydrogen) atoms. The molecule has 0 spiro atoms. The maximum absolute atomic E-state index is 11.4. The van der Waals surface area contributed by atoms with Gasteiger partial charge in [-0.15, -0.1) is 0 Å². The average molecular weight is 239 g/mol. The summed E-state index contributed by atoms with van der Waals surface area (Å²) in [6.07, 6.45) is 4.33. The quantitative estimate of drug-likeness (QED) is 0.561. The van der Waals surface area contributed by atoms with Gasteiger partial charge in [0.25, 0.3) is 0 Å². The number of hydrogen-bond donors (Lipinski definition) is 2. The predicted molar refractivity (Wildman–Crippen MR) is 66.5 cm³/mol. The maximum Gasteiger partial charge on any atom is 0.329 e. The van der Waals surface area contributed by atoms with Gasteiger partial charge in [-0.2, -0.15) is 5.10 Å². The first-order valence-electron chi connectivity index (χ1n) is 6.18. The van der Waals surface area contributed by atoms with Gasteiger partial charge in [0.1, 0.15) is 0 Å². The first-order valence-corrected chi connectivity index (χ1v) is 6.18. The van der Waals surface area contributed by atoms with Crippen LogP contribution in [0.4, 0.5) is 0 Å². The fourth-order valence-corrected chi connectivity index (χ4v) is 1.84. The van der Waals surface area contributed by atoms with Gasteiger partial charge in [-0.3, -0.25) is 9.59 Å². The Kier molecular flexibility index (Phi) is 5.12. The van der Waals surface area contributed by atoms with Crippen molar-refractivity contribution in [3.8, 4) is 0 Å². The van der Waals surface area contributed by atoms with Crippen LogP contribution in [0, 0.1) is 5.92 Å². The molecule has 0 bridgehead atoms. The molecule has 0 heterocycles. The Hall–Kier alpha value is -1.39. The molecule has 1 aliphatic rings. The van der Waals surface area contributed by atoms with Gasteiger partial charge in [0.2, 0.25) is 0 Å². The first kappa shape index (κ1) is 13.7. The highest BCUT2D eigenvalue weighted by atomic mass is 16.2. The van der Waals surface area contributed by atoms with Gasteiger partial charge < -0.3 is 5.32 Å². The third-order valence-electron chi connectivity index (χ3n) is 2.82. The molecule has 0 aliphatic heterocycles. The van der Waals surface area contributed by atoms with E-state index in [1.54, 1.807) is 13.8 Å². The van der Waals surface area contributed by atoms with Crippen LogP contribution in [0.1, 0.15) is 46.5 Å². The van der Waals surface area contributed by atoms with Gasteiger partial charge in [-0.25, -0.2) is 5.43 Å². The Morgan fingerprint density at radius 2 is 2.00 bits per heavy atom. The van der Waals surface area contributed by atoms with Crippen molar-refractivity contribution in [1.82, 2.24) is 10.7 Å². The molecule has 0 aromatic carbocycles. The normalized spacial score (nSPS) is 22.6. The lowest BCUT2D eigenvalue weighted by molar-refractivity contribution is -0.139. The molecule has 1 atom stereocenters. The molecule has 5 nitrogen and oxygen atoms in total. The summed E-state index contributed by atoms with van der Waals surface area (Å²) in [5, 5.41) is 6.57. The van der Waals surface area contributed by atoms with E-state index in [-0.39, 0.29) is 6.04 Å². The van der Waals surface area contributed by atoms with E-state index in [2.05, 4.69) is 22.8 Å².